The molecule has 0 saturated carbocycles. The maximum atomic E-state index is 13.8. The Bertz CT molecular complexity index is 1680. The number of hydrogen-bond acceptors (Lipinski definition) is 9. The van der Waals surface area contributed by atoms with Gasteiger partial charge in [-0.2, -0.15) is 0 Å². The number of unbranched alkanes of at least 4 members (excludes halogenated alkanes) is 1. The molecule has 51 heavy (non-hydrogen) atoms. The number of nitrogens with zero attached hydrogens (tertiary/aromatic N) is 4. The number of ketones is 1. The second-order valence-electron chi connectivity index (χ2n) is 14.3. The van der Waals surface area contributed by atoms with E-state index in [0.29, 0.717) is 49.9 Å². The van der Waals surface area contributed by atoms with Gasteiger partial charge in [0, 0.05) is 30.3 Å². The summed E-state index contributed by atoms with van der Waals surface area (Å²) in [5.41, 5.74) is 0.262. The molecule has 0 aliphatic carbocycles. The highest BCUT2D eigenvalue weighted by molar-refractivity contribution is 6.00. The Kier molecular flexibility index (Phi) is 13.1. The van der Waals surface area contributed by atoms with Gasteiger partial charge in [-0.1, -0.05) is 40.2 Å². The molecule has 13 nitrogen and oxygen atoms in total. The average Bonchev–Trinajstić information content (AvgIpc) is 3.79. The summed E-state index contributed by atoms with van der Waals surface area (Å²) in [5.74, 6) is -3.26. The summed E-state index contributed by atoms with van der Waals surface area (Å²) >= 11 is 0. The first-order valence-electron chi connectivity index (χ1n) is 17.4. The lowest BCUT2D eigenvalue weighted by atomic mass is 9.96. The molecule has 274 valence electrons. The zero-order valence-corrected chi connectivity index (χ0v) is 30.1. The first-order valence-corrected chi connectivity index (χ1v) is 17.4. The van der Waals surface area contributed by atoms with Crippen LogP contribution in [0, 0.1) is 17.7 Å². The van der Waals surface area contributed by atoms with Crippen molar-refractivity contribution in [2.75, 3.05) is 6.54 Å². The first-order chi connectivity index (χ1) is 24.2. The number of nitrogens with one attached hydrogen (secondary N) is 3. The molecule has 0 bridgehead atoms. The van der Waals surface area contributed by atoms with Crippen LogP contribution in [0.4, 0.5) is 4.39 Å². The minimum Gasteiger partial charge on any atom is -0.414 e. The number of rotatable bonds is 16. The monoisotopic (exact) mass is 705 g/mol. The number of Topliss-reactive ketones (excluding diaryl/α,β-unsaturated/α-hetero) is 1. The number of carbonyl (C=O) groups is 5. The van der Waals surface area contributed by atoms with E-state index in [0.717, 1.165) is 0 Å². The van der Waals surface area contributed by atoms with Crippen LogP contribution >= 0.6 is 0 Å². The van der Waals surface area contributed by atoms with E-state index >= 15 is 0 Å². The third kappa shape index (κ3) is 10.5. The standard InChI is InChI=1S/C37H48FN7O6/c1-22(2)29(31(47)35-44-43-34(51-35)24-15-17-25(38)18-16-24)41-33(49)27-13-11-21-45(27)36(50)30(23(3)4)40-28(46)14-7-9-19-37(5,6)42-32(48)26-12-8-10-20-39-26/h8,10,12,15-18,20,22-23,27,29-30H,7,9,11,13-14,19,21H2,1-6H3,(H,40,46)(H,41,49)(H,42,48)/t27-,29+,30+/m1/s1. The van der Waals surface area contributed by atoms with Crippen molar-refractivity contribution in [3.8, 4) is 11.5 Å². The Morgan fingerprint density at radius 3 is 2.29 bits per heavy atom. The van der Waals surface area contributed by atoms with Crippen molar-refractivity contribution in [3.05, 3.63) is 66.1 Å². The summed E-state index contributed by atoms with van der Waals surface area (Å²) in [6.45, 7) is 11.4. The minimum atomic E-state index is -1.01. The Morgan fingerprint density at radius 1 is 0.941 bits per heavy atom. The number of pyridine rings is 1. The number of likely N-dealkylation sites (tertiary alicyclic amines) is 1. The van der Waals surface area contributed by atoms with Gasteiger partial charge >= 0.3 is 0 Å². The van der Waals surface area contributed by atoms with Gasteiger partial charge in [0.1, 0.15) is 23.6 Å². The minimum absolute atomic E-state index is 0.0375. The zero-order chi connectivity index (χ0) is 37.3. The third-order valence-electron chi connectivity index (χ3n) is 8.87. The zero-order valence-electron chi connectivity index (χ0n) is 30.1. The molecular weight excluding hydrogens is 657 g/mol. The van der Waals surface area contributed by atoms with Gasteiger partial charge in [-0.3, -0.25) is 29.0 Å². The fraction of sp³-hybridized carbons (Fsp3) is 0.514. The van der Waals surface area contributed by atoms with Crippen molar-refractivity contribution < 1.29 is 32.8 Å². The fourth-order valence-electron chi connectivity index (χ4n) is 5.97. The second kappa shape index (κ2) is 17.3. The molecule has 1 fully saturated rings. The molecule has 0 unspecified atom stereocenters. The summed E-state index contributed by atoms with van der Waals surface area (Å²) in [4.78, 5) is 71.9. The van der Waals surface area contributed by atoms with Crippen molar-refractivity contribution in [1.29, 1.82) is 0 Å². The summed E-state index contributed by atoms with van der Waals surface area (Å²) in [6, 6.07) is 7.84. The van der Waals surface area contributed by atoms with Gasteiger partial charge in [-0.05, 0) is 87.8 Å². The van der Waals surface area contributed by atoms with Crippen molar-refractivity contribution in [3.63, 3.8) is 0 Å². The van der Waals surface area contributed by atoms with Gasteiger partial charge in [0.05, 0.1) is 6.04 Å². The highest BCUT2D eigenvalue weighted by Gasteiger charge is 2.40. The van der Waals surface area contributed by atoms with E-state index in [1.807, 2.05) is 27.7 Å². The predicted molar refractivity (Wildman–Crippen MR) is 187 cm³/mol. The predicted octanol–water partition coefficient (Wildman–Crippen LogP) is 4.50. The third-order valence-corrected chi connectivity index (χ3v) is 8.87. The van der Waals surface area contributed by atoms with Crippen molar-refractivity contribution in [1.82, 2.24) is 36.0 Å². The number of hydrogen-bond donors (Lipinski definition) is 3. The molecule has 4 amide bonds. The maximum Gasteiger partial charge on any atom is 0.286 e. The Hall–Kier alpha value is -5.01. The van der Waals surface area contributed by atoms with Gasteiger partial charge in [-0.25, -0.2) is 4.39 Å². The van der Waals surface area contributed by atoms with E-state index in [-0.39, 0.29) is 47.8 Å². The molecular formula is C37H48FN7O6. The molecule has 3 atom stereocenters. The maximum absolute atomic E-state index is 13.8. The van der Waals surface area contributed by atoms with Gasteiger partial charge in [-0.15, -0.1) is 10.2 Å². The number of benzene rings is 1. The molecule has 3 aromatic rings. The van der Waals surface area contributed by atoms with Crippen LogP contribution in [0.1, 0.15) is 101 Å². The van der Waals surface area contributed by atoms with Crippen LogP contribution in [0.15, 0.2) is 53.1 Å². The topological polar surface area (TPSA) is 176 Å². The molecule has 1 aliphatic rings. The first kappa shape index (κ1) is 38.8. The van der Waals surface area contributed by atoms with Crippen molar-refractivity contribution in [2.24, 2.45) is 11.8 Å². The fourth-order valence-corrected chi connectivity index (χ4v) is 5.97. The van der Waals surface area contributed by atoms with Crippen molar-refractivity contribution >= 4 is 29.4 Å². The van der Waals surface area contributed by atoms with Crippen LogP contribution in [0.2, 0.25) is 0 Å². The Morgan fingerprint density at radius 2 is 1.65 bits per heavy atom. The number of halogens is 1. The van der Waals surface area contributed by atoms with Crippen LogP contribution in [0.3, 0.4) is 0 Å². The summed E-state index contributed by atoms with van der Waals surface area (Å²) in [7, 11) is 0. The molecule has 2 aromatic heterocycles. The van der Waals surface area contributed by atoms with Gasteiger partial charge < -0.3 is 25.3 Å². The molecule has 0 radical (unpaired) electrons. The molecule has 4 rings (SSSR count). The highest BCUT2D eigenvalue weighted by Crippen LogP contribution is 2.23. The van der Waals surface area contributed by atoms with E-state index in [9.17, 15) is 28.4 Å². The number of amides is 4. The lowest BCUT2D eigenvalue weighted by molar-refractivity contribution is -0.142. The summed E-state index contributed by atoms with van der Waals surface area (Å²) < 4.78 is 18.9. The Labute approximate surface area is 297 Å². The Balaban J connectivity index is 1.31. The number of aromatic nitrogens is 3. The molecule has 3 N–H and O–H groups in total. The van der Waals surface area contributed by atoms with Crippen molar-refractivity contribution in [2.45, 2.75) is 104 Å². The van der Waals surface area contributed by atoms with Crippen LogP contribution in [0.5, 0.6) is 0 Å². The van der Waals surface area contributed by atoms with E-state index in [4.69, 9.17) is 4.42 Å². The van der Waals surface area contributed by atoms with Crippen LogP contribution in [-0.4, -0.2) is 79.7 Å². The van der Waals surface area contributed by atoms with Gasteiger partial charge in [0.2, 0.25) is 29.4 Å². The molecule has 3 heterocycles. The van der Waals surface area contributed by atoms with E-state index < -0.39 is 41.2 Å². The van der Waals surface area contributed by atoms with Crippen LogP contribution < -0.4 is 16.0 Å². The molecule has 14 heteroatoms. The smallest absolute Gasteiger partial charge is 0.286 e. The lowest BCUT2D eigenvalue weighted by Gasteiger charge is -2.31. The van der Waals surface area contributed by atoms with Gasteiger partial charge in [0.25, 0.3) is 11.8 Å². The molecule has 0 spiro atoms. The van der Waals surface area contributed by atoms with Crippen LogP contribution in [-0.2, 0) is 14.4 Å². The second-order valence-corrected chi connectivity index (χ2v) is 14.3. The van der Waals surface area contributed by atoms with E-state index in [1.54, 1.807) is 38.2 Å². The average molecular weight is 706 g/mol. The summed E-state index contributed by atoms with van der Waals surface area (Å²) in [6.07, 6.45) is 4.60. The van der Waals surface area contributed by atoms with Gasteiger partial charge in [0.15, 0.2) is 0 Å². The van der Waals surface area contributed by atoms with E-state index in [1.165, 1.54) is 29.2 Å². The molecule has 1 saturated heterocycles. The molecule has 1 aromatic carbocycles. The lowest BCUT2D eigenvalue weighted by Crippen LogP contribution is -2.57. The SMILES string of the molecule is CC(C)[C@H](NC(=O)[C@H]1CCCN1C(=O)[C@@H](NC(=O)CCCCC(C)(C)NC(=O)c1ccccn1)C(C)C)C(=O)c1nnc(-c2ccc(F)cc2)o1. The highest BCUT2D eigenvalue weighted by atomic mass is 19.1. The van der Waals surface area contributed by atoms with Crippen LogP contribution in [0.25, 0.3) is 11.5 Å². The normalized spacial score (nSPS) is 15.8. The van der Waals surface area contributed by atoms with E-state index in [2.05, 4.69) is 31.1 Å². The number of carbonyl (C=O) groups excluding carboxylic acids is 5. The largest absolute Gasteiger partial charge is 0.414 e. The molecule has 1 aliphatic heterocycles. The summed E-state index contributed by atoms with van der Waals surface area (Å²) in [5, 5.41) is 16.4. The quantitative estimate of drug-likeness (QED) is 0.143.